The van der Waals surface area contributed by atoms with Crippen LogP contribution in [0, 0.1) is 18.3 Å². The first-order chi connectivity index (χ1) is 12.5. The Kier molecular flexibility index (Phi) is 6.52. The number of carbonyl (C=O) groups excluding carboxylic acids is 1. The lowest BCUT2D eigenvalue weighted by molar-refractivity contribution is -0.112. The monoisotopic (exact) mass is 349 g/mol. The molecule has 0 unspecified atom stereocenters. The molecule has 132 valence electrons. The van der Waals surface area contributed by atoms with Crippen LogP contribution >= 0.6 is 0 Å². The van der Waals surface area contributed by atoms with Gasteiger partial charge in [-0.1, -0.05) is 29.8 Å². The van der Waals surface area contributed by atoms with E-state index in [1.807, 2.05) is 37.3 Å². The molecule has 0 spiro atoms. The molecular weight excluding hydrogens is 330 g/mol. The van der Waals surface area contributed by atoms with Crippen LogP contribution in [0.1, 0.15) is 21.5 Å². The minimum absolute atomic E-state index is 0.0591. The molecule has 0 bridgehead atoms. The van der Waals surface area contributed by atoms with Gasteiger partial charge in [0.25, 0.3) is 5.91 Å². The Morgan fingerprint density at radius 1 is 1.12 bits per heavy atom. The molecule has 0 saturated carbocycles. The largest absolute Gasteiger partial charge is 0.478 e. The Morgan fingerprint density at radius 2 is 1.77 bits per heavy atom. The number of hydrogen-bond acceptors (Lipinski definition) is 4. The molecule has 26 heavy (non-hydrogen) atoms. The van der Waals surface area contributed by atoms with Gasteiger partial charge in [-0.05, 0) is 43.2 Å². The molecule has 2 aromatic carbocycles. The smallest absolute Gasteiger partial charge is 0.335 e. The minimum atomic E-state index is -1.04. The summed E-state index contributed by atoms with van der Waals surface area (Å²) in [6.45, 7) is 2.62. The average Bonchev–Trinajstić information content (AvgIpc) is 2.63. The summed E-state index contributed by atoms with van der Waals surface area (Å²) in [6, 6.07) is 15.7. The number of benzene rings is 2. The van der Waals surface area contributed by atoms with E-state index in [0.29, 0.717) is 12.2 Å². The van der Waals surface area contributed by atoms with Crippen LogP contribution in [-0.2, 0) is 11.2 Å². The highest BCUT2D eigenvalue weighted by atomic mass is 16.4. The van der Waals surface area contributed by atoms with E-state index < -0.39 is 11.9 Å². The highest BCUT2D eigenvalue weighted by molar-refractivity contribution is 6.06. The second-order valence-electron chi connectivity index (χ2n) is 5.70. The van der Waals surface area contributed by atoms with Crippen molar-refractivity contribution in [2.45, 2.75) is 13.3 Å². The van der Waals surface area contributed by atoms with E-state index in [9.17, 15) is 9.59 Å². The number of nitriles is 1. The quantitative estimate of drug-likeness (QED) is 0.405. The second kappa shape index (κ2) is 9.04. The zero-order valence-electron chi connectivity index (χ0n) is 14.3. The third kappa shape index (κ3) is 5.49. The molecular formula is C20H19N3O3. The first-order valence-corrected chi connectivity index (χ1v) is 8.03. The van der Waals surface area contributed by atoms with Gasteiger partial charge in [-0.3, -0.25) is 4.79 Å². The number of amides is 1. The van der Waals surface area contributed by atoms with E-state index >= 15 is 0 Å². The number of aromatic carboxylic acids is 1. The summed E-state index contributed by atoms with van der Waals surface area (Å²) < 4.78 is 0. The Balaban J connectivity index is 1.88. The van der Waals surface area contributed by atoms with Crippen LogP contribution in [0.15, 0.2) is 60.3 Å². The molecule has 0 radical (unpaired) electrons. The molecule has 0 aliphatic rings. The van der Waals surface area contributed by atoms with E-state index in [1.165, 1.54) is 36.0 Å². The van der Waals surface area contributed by atoms with E-state index in [-0.39, 0.29) is 11.1 Å². The van der Waals surface area contributed by atoms with Crippen molar-refractivity contribution < 1.29 is 14.7 Å². The molecule has 0 fully saturated rings. The van der Waals surface area contributed by atoms with Gasteiger partial charge in [0.15, 0.2) is 0 Å². The molecule has 0 saturated heterocycles. The number of hydrogen-bond donors (Lipinski definition) is 3. The van der Waals surface area contributed by atoms with E-state index in [1.54, 1.807) is 0 Å². The normalized spacial score (nSPS) is 10.7. The first kappa shape index (κ1) is 18.7. The molecule has 6 nitrogen and oxygen atoms in total. The summed E-state index contributed by atoms with van der Waals surface area (Å²) in [5.41, 5.74) is 2.84. The summed E-state index contributed by atoms with van der Waals surface area (Å²) in [5, 5.41) is 23.5. The van der Waals surface area contributed by atoms with Crippen molar-refractivity contribution in [3.05, 3.63) is 77.0 Å². The minimum Gasteiger partial charge on any atom is -0.478 e. The number of nitrogens with zero attached hydrogens (tertiary/aromatic N) is 1. The Hall–Kier alpha value is -3.59. The summed E-state index contributed by atoms with van der Waals surface area (Å²) in [4.78, 5) is 22.9. The summed E-state index contributed by atoms with van der Waals surface area (Å²) >= 11 is 0. The van der Waals surface area contributed by atoms with Crippen molar-refractivity contribution in [3.63, 3.8) is 0 Å². The molecule has 2 rings (SSSR count). The van der Waals surface area contributed by atoms with Crippen LogP contribution in [0.5, 0.6) is 0 Å². The number of nitrogens with one attached hydrogen (secondary N) is 2. The maximum absolute atomic E-state index is 12.1. The zero-order valence-corrected chi connectivity index (χ0v) is 14.3. The Bertz CT molecular complexity index is 847. The third-order valence-corrected chi connectivity index (χ3v) is 3.68. The van der Waals surface area contributed by atoms with Gasteiger partial charge >= 0.3 is 5.97 Å². The standard InChI is InChI=1S/C20H19N3O3/c1-14-2-4-15(5-3-14)10-11-22-13-17(12-21)19(24)23-18-8-6-16(7-9-18)20(25)26/h2-9,13,22H,10-11H2,1H3,(H,23,24)(H,25,26)/b17-13-. The highest BCUT2D eigenvalue weighted by Gasteiger charge is 2.10. The van der Waals surface area contributed by atoms with Gasteiger partial charge in [0.1, 0.15) is 11.6 Å². The molecule has 0 aliphatic heterocycles. The van der Waals surface area contributed by atoms with Gasteiger partial charge < -0.3 is 15.7 Å². The van der Waals surface area contributed by atoms with Gasteiger partial charge in [-0.25, -0.2) is 4.79 Å². The number of carboxylic acids is 1. The van der Waals surface area contributed by atoms with Crippen LogP contribution in [0.2, 0.25) is 0 Å². The van der Waals surface area contributed by atoms with Gasteiger partial charge in [0, 0.05) is 18.4 Å². The fraction of sp³-hybridized carbons (Fsp3) is 0.150. The van der Waals surface area contributed by atoms with Crippen LogP contribution < -0.4 is 10.6 Å². The first-order valence-electron chi connectivity index (χ1n) is 8.03. The molecule has 0 heterocycles. The Morgan fingerprint density at radius 3 is 2.35 bits per heavy atom. The topological polar surface area (TPSA) is 102 Å². The number of anilines is 1. The van der Waals surface area contributed by atoms with E-state index in [0.717, 1.165) is 12.0 Å². The average molecular weight is 349 g/mol. The van der Waals surface area contributed by atoms with Crippen molar-refractivity contribution in [1.29, 1.82) is 5.26 Å². The lowest BCUT2D eigenvalue weighted by Crippen LogP contribution is -2.18. The maximum Gasteiger partial charge on any atom is 0.335 e. The van der Waals surface area contributed by atoms with Crippen LogP contribution in [0.4, 0.5) is 5.69 Å². The number of rotatable bonds is 7. The highest BCUT2D eigenvalue weighted by Crippen LogP contribution is 2.11. The van der Waals surface area contributed by atoms with Crippen molar-refractivity contribution in [1.82, 2.24) is 5.32 Å². The fourth-order valence-corrected chi connectivity index (χ4v) is 2.19. The summed E-state index contributed by atoms with van der Waals surface area (Å²) in [5.74, 6) is -1.60. The molecule has 0 aromatic heterocycles. The van der Waals surface area contributed by atoms with Crippen molar-refractivity contribution >= 4 is 17.6 Å². The van der Waals surface area contributed by atoms with Crippen LogP contribution in [0.25, 0.3) is 0 Å². The SMILES string of the molecule is Cc1ccc(CCN/C=C(/C#N)C(=O)Nc2ccc(C(=O)O)cc2)cc1. The lowest BCUT2D eigenvalue weighted by Gasteiger charge is -2.06. The maximum atomic E-state index is 12.1. The molecule has 3 N–H and O–H groups in total. The van der Waals surface area contributed by atoms with E-state index in [2.05, 4.69) is 10.6 Å². The van der Waals surface area contributed by atoms with Gasteiger partial charge in [-0.2, -0.15) is 5.26 Å². The van der Waals surface area contributed by atoms with Gasteiger partial charge in [0.2, 0.25) is 0 Å². The van der Waals surface area contributed by atoms with E-state index in [4.69, 9.17) is 10.4 Å². The van der Waals surface area contributed by atoms with Crippen molar-refractivity contribution in [2.75, 3.05) is 11.9 Å². The van der Waals surface area contributed by atoms with Crippen LogP contribution in [0.3, 0.4) is 0 Å². The number of carboxylic acid groups (broad SMARTS) is 1. The molecule has 1 amide bonds. The third-order valence-electron chi connectivity index (χ3n) is 3.68. The molecule has 0 aliphatic carbocycles. The zero-order chi connectivity index (χ0) is 18.9. The summed E-state index contributed by atoms with van der Waals surface area (Å²) in [7, 11) is 0. The van der Waals surface area contributed by atoms with Crippen LogP contribution in [-0.4, -0.2) is 23.5 Å². The second-order valence-corrected chi connectivity index (χ2v) is 5.70. The molecule has 2 aromatic rings. The number of carbonyl (C=O) groups is 2. The predicted molar refractivity (Wildman–Crippen MR) is 98.6 cm³/mol. The van der Waals surface area contributed by atoms with Crippen molar-refractivity contribution in [2.24, 2.45) is 0 Å². The molecule has 6 heteroatoms. The fourth-order valence-electron chi connectivity index (χ4n) is 2.19. The van der Waals surface area contributed by atoms with Gasteiger partial charge in [0.05, 0.1) is 5.56 Å². The van der Waals surface area contributed by atoms with Gasteiger partial charge in [-0.15, -0.1) is 0 Å². The summed E-state index contributed by atoms with van der Waals surface area (Å²) in [6.07, 6.45) is 2.16. The predicted octanol–water partition coefficient (Wildman–Crippen LogP) is 2.87. The van der Waals surface area contributed by atoms with Crippen molar-refractivity contribution in [3.8, 4) is 6.07 Å². The molecule has 0 atom stereocenters. The number of aryl methyl sites for hydroxylation is 1. The Labute approximate surface area is 151 Å². The lowest BCUT2D eigenvalue weighted by atomic mass is 10.1.